The fraction of sp³-hybridized carbons (Fsp3) is 0.300. The number of ether oxygens (including phenoxy) is 1. The number of likely N-dealkylation sites (tertiary alicyclic amines) is 1. The van der Waals surface area contributed by atoms with Crippen molar-refractivity contribution in [1.29, 1.82) is 0 Å². The Morgan fingerprint density at radius 2 is 1.89 bits per heavy atom. The number of carbonyl (C=O) groups is 2. The summed E-state index contributed by atoms with van der Waals surface area (Å²) >= 11 is 0. The number of hydrogen-bond acceptors (Lipinski definition) is 3. The smallest absolute Gasteiger partial charge is 0.340 e. The first-order chi connectivity index (χ1) is 12.9. The van der Waals surface area contributed by atoms with E-state index < -0.39 is 29.3 Å². The van der Waals surface area contributed by atoms with E-state index in [2.05, 4.69) is 4.74 Å². The molecule has 1 aliphatic rings. The predicted octanol–water partition coefficient (Wildman–Crippen LogP) is 3.91. The van der Waals surface area contributed by atoms with Crippen LogP contribution >= 0.6 is 0 Å². The van der Waals surface area contributed by atoms with Gasteiger partial charge in [-0.3, -0.25) is 4.79 Å². The molecule has 1 amide bonds. The zero-order chi connectivity index (χ0) is 19.6. The maximum atomic E-state index is 14.7. The van der Waals surface area contributed by atoms with Gasteiger partial charge in [0.15, 0.2) is 0 Å². The third-order valence-electron chi connectivity index (χ3n) is 4.74. The fourth-order valence-electron chi connectivity index (χ4n) is 3.38. The number of methoxy groups -OCH3 is 1. The Hall–Kier alpha value is -2.83. The Bertz CT molecular complexity index is 885. The molecule has 0 radical (unpaired) electrons. The van der Waals surface area contributed by atoms with Gasteiger partial charge in [0.25, 0.3) is 5.91 Å². The fourth-order valence-corrected chi connectivity index (χ4v) is 3.38. The van der Waals surface area contributed by atoms with Crippen molar-refractivity contribution in [2.45, 2.75) is 18.8 Å². The standard InChI is InChI=1S/C20H18F3NO3/c1-27-20(26)16-6-2-5-14(18(16)23)12-4-3-9-24(11-12)19(25)15-8-7-13(21)10-17(15)22/h2,5-8,10,12H,3-4,9,11H2,1H3. The largest absolute Gasteiger partial charge is 0.465 e. The van der Waals surface area contributed by atoms with Gasteiger partial charge in [0.05, 0.1) is 18.2 Å². The van der Waals surface area contributed by atoms with Gasteiger partial charge in [0, 0.05) is 25.1 Å². The van der Waals surface area contributed by atoms with Crippen LogP contribution < -0.4 is 0 Å². The van der Waals surface area contributed by atoms with Crippen LogP contribution in [0.25, 0.3) is 0 Å². The molecular weight excluding hydrogens is 359 g/mol. The van der Waals surface area contributed by atoms with Gasteiger partial charge in [-0.2, -0.15) is 0 Å². The molecule has 1 fully saturated rings. The van der Waals surface area contributed by atoms with Gasteiger partial charge in [-0.25, -0.2) is 18.0 Å². The predicted molar refractivity (Wildman–Crippen MR) is 92.0 cm³/mol. The Kier molecular flexibility index (Phi) is 5.48. The lowest BCUT2D eigenvalue weighted by molar-refractivity contribution is 0.0593. The summed E-state index contributed by atoms with van der Waals surface area (Å²) in [4.78, 5) is 25.7. The van der Waals surface area contributed by atoms with Gasteiger partial charge in [-0.05, 0) is 36.6 Å². The summed E-state index contributed by atoms with van der Waals surface area (Å²) in [6.45, 7) is 0.571. The Morgan fingerprint density at radius 3 is 2.59 bits per heavy atom. The van der Waals surface area contributed by atoms with E-state index in [-0.39, 0.29) is 23.6 Å². The highest BCUT2D eigenvalue weighted by Gasteiger charge is 2.29. The van der Waals surface area contributed by atoms with Crippen LogP contribution in [-0.2, 0) is 4.74 Å². The minimum absolute atomic E-state index is 0.164. The van der Waals surface area contributed by atoms with E-state index in [0.29, 0.717) is 31.0 Å². The molecule has 1 heterocycles. The van der Waals surface area contributed by atoms with E-state index in [1.54, 1.807) is 12.1 Å². The van der Waals surface area contributed by atoms with Crippen molar-refractivity contribution in [3.63, 3.8) is 0 Å². The second kappa shape index (κ2) is 7.82. The van der Waals surface area contributed by atoms with Crippen LogP contribution in [0.5, 0.6) is 0 Å². The molecule has 2 aromatic carbocycles. The molecule has 142 valence electrons. The molecule has 1 unspecified atom stereocenters. The van der Waals surface area contributed by atoms with Gasteiger partial charge in [-0.15, -0.1) is 0 Å². The summed E-state index contributed by atoms with van der Waals surface area (Å²) in [5, 5.41) is 0. The lowest BCUT2D eigenvalue weighted by atomic mass is 9.89. The molecule has 1 saturated heterocycles. The van der Waals surface area contributed by atoms with E-state index in [0.717, 1.165) is 12.1 Å². The molecule has 7 heteroatoms. The SMILES string of the molecule is COC(=O)c1cccc(C2CCCN(C(=O)c3ccc(F)cc3F)C2)c1F. The molecule has 0 aliphatic carbocycles. The number of hydrogen-bond donors (Lipinski definition) is 0. The summed E-state index contributed by atoms with van der Waals surface area (Å²) < 4.78 is 46.3. The Labute approximate surface area is 154 Å². The van der Waals surface area contributed by atoms with Crippen molar-refractivity contribution in [3.8, 4) is 0 Å². The highest BCUT2D eigenvalue weighted by Crippen LogP contribution is 2.31. The minimum atomic E-state index is -0.930. The topological polar surface area (TPSA) is 46.6 Å². The van der Waals surface area contributed by atoms with Crippen LogP contribution in [0.2, 0.25) is 0 Å². The minimum Gasteiger partial charge on any atom is -0.465 e. The first-order valence-corrected chi connectivity index (χ1v) is 8.53. The highest BCUT2D eigenvalue weighted by atomic mass is 19.1. The van der Waals surface area contributed by atoms with Crippen molar-refractivity contribution < 1.29 is 27.5 Å². The van der Waals surface area contributed by atoms with Gasteiger partial charge in [0.1, 0.15) is 17.5 Å². The molecular formula is C20H18F3NO3. The molecule has 0 N–H and O–H groups in total. The molecule has 2 aromatic rings. The summed E-state index contributed by atoms with van der Waals surface area (Å²) in [6, 6.07) is 7.26. The molecule has 1 aliphatic heterocycles. The van der Waals surface area contributed by atoms with Gasteiger partial charge < -0.3 is 9.64 Å². The van der Waals surface area contributed by atoms with Crippen molar-refractivity contribution in [2.24, 2.45) is 0 Å². The van der Waals surface area contributed by atoms with Crippen molar-refractivity contribution >= 4 is 11.9 Å². The van der Waals surface area contributed by atoms with Crippen molar-refractivity contribution in [1.82, 2.24) is 4.90 Å². The Balaban J connectivity index is 1.84. The summed E-state index contributed by atoms with van der Waals surface area (Å²) in [5.74, 6) is -4.04. The average Bonchev–Trinajstić information content (AvgIpc) is 2.67. The van der Waals surface area contributed by atoms with Gasteiger partial charge >= 0.3 is 5.97 Å². The van der Waals surface area contributed by atoms with E-state index in [1.165, 1.54) is 18.1 Å². The van der Waals surface area contributed by atoms with Crippen LogP contribution in [0, 0.1) is 17.5 Å². The van der Waals surface area contributed by atoms with Crippen molar-refractivity contribution in [3.05, 3.63) is 70.5 Å². The summed E-state index contributed by atoms with van der Waals surface area (Å²) in [5.41, 5.74) is -0.0705. The van der Waals surface area contributed by atoms with Gasteiger partial charge in [-0.1, -0.05) is 12.1 Å². The summed E-state index contributed by atoms with van der Waals surface area (Å²) in [6.07, 6.45) is 1.22. The normalized spacial score (nSPS) is 16.9. The quantitative estimate of drug-likeness (QED) is 0.762. The third-order valence-corrected chi connectivity index (χ3v) is 4.74. The second-order valence-electron chi connectivity index (χ2n) is 6.41. The van der Waals surface area contributed by atoms with E-state index in [9.17, 15) is 22.8 Å². The number of amides is 1. The monoisotopic (exact) mass is 377 g/mol. The van der Waals surface area contributed by atoms with E-state index >= 15 is 0 Å². The van der Waals surface area contributed by atoms with Crippen LogP contribution in [0.4, 0.5) is 13.2 Å². The lowest BCUT2D eigenvalue weighted by Gasteiger charge is -2.33. The zero-order valence-corrected chi connectivity index (χ0v) is 14.7. The first kappa shape index (κ1) is 18.9. The van der Waals surface area contributed by atoms with Crippen LogP contribution in [0.3, 0.4) is 0 Å². The van der Waals surface area contributed by atoms with E-state index in [1.807, 2.05) is 0 Å². The van der Waals surface area contributed by atoms with Crippen LogP contribution in [0.15, 0.2) is 36.4 Å². The summed E-state index contributed by atoms with van der Waals surface area (Å²) in [7, 11) is 1.17. The zero-order valence-electron chi connectivity index (χ0n) is 14.7. The number of nitrogens with zero attached hydrogens (tertiary/aromatic N) is 1. The number of halogens is 3. The van der Waals surface area contributed by atoms with E-state index in [4.69, 9.17) is 0 Å². The number of esters is 1. The number of benzene rings is 2. The lowest BCUT2D eigenvalue weighted by Crippen LogP contribution is -2.39. The number of carbonyl (C=O) groups excluding carboxylic acids is 2. The van der Waals surface area contributed by atoms with Crippen molar-refractivity contribution in [2.75, 3.05) is 20.2 Å². The molecule has 0 bridgehead atoms. The molecule has 0 saturated carbocycles. The first-order valence-electron chi connectivity index (χ1n) is 8.53. The Morgan fingerprint density at radius 1 is 1.11 bits per heavy atom. The molecule has 3 rings (SSSR count). The van der Waals surface area contributed by atoms with Crippen LogP contribution in [-0.4, -0.2) is 37.0 Å². The molecule has 1 atom stereocenters. The number of rotatable bonds is 3. The van der Waals surface area contributed by atoms with Crippen LogP contribution in [0.1, 0.15) is 45.0 Å². The molecule has 0 aromatic heterocycles. The highest BCUT2D eigenvalue weighted by molar-refractivity contribution is 5.94. The molecule has 27 heavy (non-hydrogen) atoms. The maximum Gasteiger partial charge on any atom is 0.340 e. The third kappa shape index (κ3) is 3.82. The molecule has 0 spiro atoms. The second-order valence-corrected chi connectivity index (χ2v) is 6.41. The molecule has 4 nitrogen and oxygen atoms in total. The number of piperidine rings is 1. The average molecular weight is 377 g/mol. The van der Waals surface area contributed by atoms with Gasteiger partial charge in [0.2, 0.25) is 0 Å². The maximum absolute atomic E-state index is 14.7.